The Kier molecular flexibility index (Phi) is 7.34. The molecule has 3 N–H and O–H groups in total. The summed E-state index contributed by atoms with van der Waals surface area (Å²) in [6.45, 7) is 1.83. The second-order valence-corrected chi connectivity index (χ2v) is 8.16. The minimum Gasteiger partial charge on any atom is -0.475 e. The van der Waals surface area contributed by atoms with Gasteiger partial charge in [0.25, 0.3) is 0 Å². The number of rotatable bonds is 4. The molecule has 1 saturated carbocycles. The number of ether oxygens (including phenoxy) is 1. The summed E-state index contributed by atoms with van der Waals surface area (Å²) in [5.41, 5.74) is 0.690. The highest BCUT2D eigenvalue weighted by Crippen LogP contribution is 2.38. The van der Waals surface area contributed by atoms with E-state index in [9.17, 15) is 27.9 Å². The van der Waals surface area contributed by atoms with Gasteiger partial charge in [-0.15, -0.1) is 0 Å². The van der Waals surface area contributed by atoms with Crippen LogP contribution in [0.25, 0.3) is 0 Å². The third-order valence-electron chi connectivity index (χ3n) is 5.85. The molecule has 0 bridgehead atoms. The van der Waals surface area contributed by atoms with E-state index < -0.39 is 12.1 Å². The topological polar surface area (TPSA) is 129 Å². The van der Waals surface area contributed by atoms with E-state index in [0.29, 0.717) is 44.6 Å². The maximum absolute atomic E-state index is 12.4. The van der Waals surface area contributed by atoms with Crippen LogP contribution in [0.15, 0.2) is 24.5 Å². The lowest BCUT2D eigenvalue weighted by Gasteiger charge is -2.33. The molecule has 3 heterocycles. The number of aromatic nitrogens is 1. The van der Waals surface area contributed by atoms with Gasteiger partial charge in [-0.3, -0.25) is 14.6 Å². The molecule has 2 amide bonds. The van der Waals surface area contributed by atoms with E-state index in [1.54, 1.807) is 18.5 Å². The number of amides is 2. The number of carboxylic acid groups (broad SMARTS) is 1. The maximum atomic E-state index is 12.4. The van der Waals surface area contributed by atoms with E-state index in [4.69, 9.17) is 14.6 Å². The number of halogens is 3. The number of anilines is 1. The first-order chi connectivity index (χ1) is 15.0. The summed E-state index contributed by atoms with van der Waals surface area (Å²) in [5.74, 6) is -2.37. The maximum Gasteiger partial charge on any atom is 0.490 e. The zero-order valence-electron chi connectivity index (χ0n) is 17.0. The number of nitrogens with zero attached hydrogens (tertiary/aromatic N) is 2. The fraction of sp³-hybridized carbons (Fsp3) is 0.600. The molecule has 1 aliphatic carbocycles. The zero-order chi connectivity index (χ0) is 23.5. The first-order valence-electron chi connectivity index (χ1n) is 10.1. The summed E-state index contributed by atoms with van der Waals surface area (Å²) in [7, 11) is 0. The normalized spacial score (nSPS) is 28.8. The van der Waals surface area contributed by atoms with Crippen LogP contribution in [0.4, 0.5) is 18.9 Å². The summed E-state index contributed by atoms with van der Waals surface area (Å²) in [6, 6.07) is 3.59. The number of pyridine rings is 1. The number of aliphatic hydroxyl groups excluding tert-OH is 1. The van der Waals surface area contributed by atoms with Crippen molar-refractivity contribution in [3.63, 3.8) is 0 Å². The molecule has 1 aromatic heterocycles. The third-order valence-corrected chi connectivity index (χ3v) is 5.85. The Morgan fingerprint density at radius 2 is 1.94 bits per heavy atom. The van der Waals surface area contributed by atoms with Crippen LogP contribution in [-0.4, -0.2) is 76.0 Å². The van der Waals surface area contributed by atoms with E-state index >= 15 is 0 Å². The Morgan fingerprint density at radius 1 is 1.25 bits per heavy atom. The molecule has 176 valence electrons. The van der Waals surface area contributed by atoms with Crippen molar-refractivity contribution >= 4 is 23.5 Å². The van der Waals surface area contributed by atoms with Gasteiger partial charge in [-0.1, -0.05) is 0 Å². The SMILES string of the molecule is O=C(C[C@H]1CO[C@@H]2CN(C(=O)C3CC(O)C3)C[C@H]12)Nc1cccnc1.O=C(O)C(F)(F)F. The number of aliphatic hydroxyl groups is 1. The second kappa shape index (κ2) is 9.82. The number of hydrogen-bond acceptors (Lipinski definition) is 6. The summed E-state index contributed by atoms with van der Waals surface area (Å²) in [4.78, 5) is 39.5. The second-order valence-electron chi connectivity index (χ2n) is 8.16. The number of carbonyl (C=O) groups is 3. The van der Waals surface area contributed by atoms with E-state index in [1.807, 2.05) is 11.0 Å². The highest BCUT2D eigenvalue weighted by atomic mass is 19.4. The molecule has 4 rings (SSSR count). The van der Waals surface area contributed by atoms with Gasteiger partial charge in [0.2, 0.25) is 11.8 Å². The Bertz CT molecular complexity index is 832. The van der Waals surface area contributed by atoms with Gasteiger partial charge in [-0.25, -0.2) is 4.79 Å². The zero-order valence-corrected chi connectivity index (χ0v) is 17.0. The number of hydrogen-bond donors (Lipinski definition) is 3. The van der Waals surface area contributed by atoms with Crippen molar-refractivity contribution in [3.05, 3.63) is 24.5 Å². The summed E-state index contributed by atoms with van der Waals surface area (Å²) in [6.07, 6.45) is -0.558. The molecule has 2 aliphatic heterocycles. The lowest BCUT2D eigenvalue weighted by molar-refractivity contribution is -0.192. The number of nitrogens with one attached hydrogen (secondary N) is 1. The molecule has 1 aromatic rings. The molecule has 9 nitrogen and oxygen atoms in total. The number of likely N-dealkylation sites (tertiary alicyclic amines) is 1. The molecule has 0 unspecified atom stereocenters. The molecular formula is C20H24F3N3O6. The average Bonchev–Trinajstić information content (AvgIpc) is 3.27. The van der Waals surface area contributed by atoms with Crippen LogP contribution in [0.1, 0.15) is 19.3 Å². The van der Waals surface area contributed by atoms with E-state index in [0.717, 1.165) is 0 Å². The molecule has 0 radical (unpaired) electrons. The van der Waals surface area contributed by atoms with Crippen molar-refractivity contribution in [2.45, 2.75) is 37.6 Å². The van der Waals surface area contributed by atoms with Gasteiger partial charge < -0.3 is 25.2 Å². The molecule has 3 atom stereocenters. The number of aliphatic carboxylic acids is 1. The average molecular weight is 459 g/mol. The van der Waals surface area contributed by atoms with Crippen molar-refractivity contribution in [3.8, 4) is 0 Å². The Hall–Kier alpha value is -2.73. The number of carbonyl (C=O) groups excluding carboxylic acids is 2. The molecule has 0 aromatic carbocycles. The van der Waals surface area contributed by atoms with Crippen LogP contribution in [0.2, 0.25) is 0 Å². The van der Waals surface area contributed by atoms with Gasteiger partial charge >= 0.3 is 12.1 Å². The monoisotopic (exact) mass is 459 g/mol. The fourth-order valence-corrected chi connectivity index (χ4v) is 4.12. The lowest BCUT2D eigenvalue weighted by Crippen LogP contribution is -2.43. The number of alkyl halides is 3. The quantitative estimate of drug-likeness (QED) is 0.619. The van der Waals surface area contributed by atoms with Crippen molar-refractivity contribution in [2.24, 2.45) is 17.8 Å². The molecule has 12 heteroatoms. The van der Waals surface area contributed by atoms with Crippen LogP contribution < -0.4 is 5.32 Å². The first-order valence-corrected chi connectivity index (χ1v) is 10.1. The third kappa shape index (κ3) is 5.94. The smallest absolute Gasteiger partial charge is 0.475 e. The highest BCUT2D eigenvalue weighted by Gasteiger charge is 2.47. The van der Waals surface area contributed by atoms with E-state index in [2.05, 4.69) is 10.3 Å². The molecule has 2 saturated heterocycles. The minimum atomic E-state index is -5.08. The van der Waals surface area contributed by atoms with Gasteiger partial charge in [0.1, 0.15) is 0 Å². The molecule has 3 fully saturated rings. The fourth-order valence-electron chi connectivity index (χ4n) is 4.12. The van der Waals surface area contributed by atoms with Crippen LogP contribution in [0.3, 0.4) is 0 Å². The van der Waals surface area contributed by atoms with Crippen LogP contribution >= 0.6 is 0 Å². The standard InChI is InChI=1S/C18H23N3O4.C2HF3O2/c22-14-4-11(5-14)18(24)21-8-15-12(10-25-16(15)9-21)6-17(23)20-13-2-1-3-19-7-13;3-2(4,5)1(6)7/h1-3,7,11-12,14-16,22H,4-6,8-10H2,(H,20,23);(H,6,7)/t11?,12-,14?,15+,16+;/m0./s1. The molecule has 0 spiro atoms. The Balaban J connectivity index is 0.000000360. The molecule has 3 aliphatic rings. The van der Waals surface area contributed by atoms with Gasteiger partial charge in [-0.2, -0.15) is 13.2 Å². The van der Waals surface area contributed by atoms with Crippen LogP contribution in [0, 0.1) is 17.8 Å². The van der Waals surface area contributed by atoms with Crippen molar-refractivity contribution < 1.29 is 42.5 Å². The van der Waals surface area contributed by atoms with Crippen LogP contribution in [0.5, 0.6) is 0 Å². The number of fused-ring (bicyclic) bond motifs is 1. The van der Waals surface area contributed by atoms with Crippen molar-refractivity contribution in [1.82, 2.24) is 9.88 Å². The molecular weight excluding hydrogens is 435 g/mol. The lowest BCUT2D eigenvalue weighted by atomic mass is 9.81. The summed E-state index contributed by atoms with van der Waals surface area (Å²) >= 11 is 0. The summed E-state index contributed by atoms with van der Waals surface area (Å²) in [5, 5.41) is 19.4. The van der Waals surface area contributed by atoms with Gasteiger partial charge in [0, 0.05) is 37.5 Å². The first kappa shape index (κ1) is 23.9. The largest absolute Gasteiger partial charge is 0.490 e. The predicted molar refractivity (Wildman–Crippen MR) is 103 cm³/mol. The highest BCUT2D eigenvalue weighted by molar-refractivity contribution is 5.90. The van der Waals surface area contributed by atoms with Gasteiger partial charge in [-0.05, 0) is 30.9 Å². The van der Waals surface area contributed by atoms with Crippen LogP contribution in [-0.2, 0) is 19.1 Å². The van der Waals surface area contributed by atoms with Crippen molar-refractivity contribution in [1.29, 1.82) is 0 Å². The van der Waals surface area contributed by atoms with E-state index in [-0.39, 0.29) is 41.8 Å². The minimum absolute atomic E-state index is 0.0325. The van der Waals surface area contributed by atoms with Crippen molar-refractivity contribution in [2.75, 3.05) is 25.0 Å². The van der Waals surface area contributed by atoms with Gasteiger partial charge in [0.15, 0.2) is 0 Å². The predicted octanol–water partition coefficient (Wildman–Crippen LogP) is 1.29. The number of carboxylic acids is 1. The Morgan fingerprint density at radius 3 is 2.50 bits per heavy atom. The van der Waals surface area contributed by atoms with E-state index in [1.165, 1.54) is 0 Å². The van der Waals surface area contributed by atoms with Gasteiger partial charge in [0.05, 0.1) is 30.7 Å². The summed E-state index contributed by atoms with van der Waals surface area (Å²) < 4.78 is 37.6. The Labute approximate surface area is 181 Å². The molecule has 32 heavy (non-hydrogen) atoms.